The van der Waals surface area contributed by atoms with Crippen LogP contribution in [0.2, 0.25) is 0 Å². The van der Waals surface area contributed by atoms with E-state index in [0.717, 1.165) is 29.6 Å². The number of carbonyl (C=O) groups excluding carboxylic acids is 1. The molecule has 0 radical (unpaired) electrons. The molecular formula is C33H36O. The van der Waals surface area contributed by atoms with E-state index in [-0.39, 0.29) is 7.21 Å². The average molecular weight is 449 g/mol. The van der Waals surface area contributed by atoms with Crippen molar-refractivity contribution in [1.82, 2.24) is 0 Å². The molecule has 1 aromatic rings. The SMILES string of the molecule is CCCCCc1ccc(C2=C/CC=C=C(/C=C\C(=O)/C=C/C3=CC=C=C(C)C=C3)/C=C\2)cc1C.[HH]. The molecule has 1 nitrogen and oxygen atoms in total. The summed E-state index contributed by atoms with van der Waals surface area (Å²) < 4.78 is 0. The Labute approximate surface area is 206 Å². The highest BCUT2D eigenvalue weighted by molar-refractivity contribution is 6.00. The quantitative estimate of drug-likeness (QED) is 0.210. The molecule has 0 aromatic heterocycles. The third-order valence-corrected chi connectivity index (χ3v) is 5.87. The van der Waals surface area contributed by atoms with Crippen LogP contribution in [0.1, 0.15) is 57.6 Å². The lowest BCUT2D eigenvalue weighted by molar-refractivity contribution is -0.110. The Morgan fingerprint density at radius 2 is 1.88 bits per heavy atom. The van der Waals surface area contributed by atoms with E-state index >= 15 is 0 Å². The highest BCUT2D eigenvalue weighted by Crippen LogP contribution is 2.23. The molecule has 2 aliphatic rings. The molecule has 0 atom stereocenters. The molecule has 0 aliphatic heterocycles. The Balaban J connectivity index is 0.00000432. The summed E-state index contributed by atoms with van der Waals surface area (Å²) in [6.45, 7) is 6.45. The molecule has 0 bridgehead atoms. The van der Waals surface area contributed by atoms with Gasteiger partial charge in [0.05, 0.1) is 0 Å². The van der Waals surface area contributed by atoms with Gasteiger partial charge in [-0.05, 0) is 109 Å². The number of allylic oxidation sites excluding steroid dienone is 14. The predicted molar refractivity (Wildman–Crippen MR) is 148 cm³/mol. The molecule has 1 aromatic carbocycles. The summed E-state index contributed by atoms with van der Waals surface area (Å²) in [4.78, 5) is 12.3. The van der Waals surface area contributed by atoms with Crippen molar-refractivity contribution in [3.05, 3.63) is 136 Å². The fourth-order valence-corrected chi connectivity index (χ4v) is 3.81. The first-order valence-corrected chi connectivity index (χ1v) is 12.2. The molecule has 0 saturated heterocycles. The maximum absolute atomic E-state index is 12.3. The number of ketones is 1. The minimum absolute atomic E-state index is 0. The summed E-state index contributed by atoms with van der Waals surface area (Å²) in [7, 11) is 0. The van der Waals surface area contributed by atoms with E-state index in [2.05, 4.69) is 55.7 Å². The van der Waals surface area contributed by atoms with Gasteiger partial charge in [-0.3, -0.25) is 4.79 Å². The minimum Gasteiger partial charge on any atom is -0.290 e. The topological polar surface area (TPSA) is 17.1 Å². The number of hydrogen-bond acceptors (Lipinski definition) is 1. The van der Waals surface area contributed by atoms with Crippen molar-refractivity contribution in [3.8, 4) is 0 Å². The maximum atomic E-state index is 12.3. The highest BCUT2D eigenvalue weighted by Gasteiger charge is 2.04. The molecule has 0 fully saturated rings. The first-order valence-electron chi connectivity index (χ1n) is 12.2. The van der Waals surface area contributed by atoms with Gasteiger partial charge in [-0.15, -0.1) is 11.5 Å². The summed E-state index contributed by atoms with van der Waals surface area (Å²) in [5, 5.41) is 0. The van der Waals surface area contributed by atoms with E-state index in [9.17, 15) is 4.79 Å². The first kappa shape index (κ1) is 25.0. The first-order chi connectivity index (χ1) is 16.5. The molecule has 0 N–H and O–H groups in total. The van der Waals surface area contributed by atoms with E-state index in [1.54, 1.807) is 12.2 Å². The number of hydrogen-bond donors (Lipinski definition) is 0. The van der Waals surface area contributed by atoms with E-state index in [1.807, 2.05) is 55.5 Å². The minimum atomic E-state index is -0.0537. The zero-order valence-electron chi connectivity index (χ0n) is 20.6. The summed E-state index contributed by atoms with van der Waals surface area (Å²) in [5.74, 6) is -0.0537. The Morgan fingerprint density at radius 3 is 2.71 bits per heavy atom. The van der Waals surface area contributed by atoms with E-state index < -0.39 is 0 Å². The van der Waals surface area contributed by atoms with E-state index in [1.165, 1.54) is 41.5 Å². The molecule has 2 aliphatic carbocycles. The normalized spacial score (nSPS) is 18.1. The Hall–Kier alpha value is -3.63. The fraction of sp³-hybridized carbons (Fsp3) is 0.242. The second kappa shape index (κ2) is 13.2. The molecule has 0 heterocycles. The van der Waals surface area contributed by atoms with Crippen LogP contribution in [0.3, 0.4) is 0 Å². The molecule has 0 spiro atoms. The number of carbonyl (C=O) groups is 1. The predicted octanol–water partition coefficient (Wildman–Crippen LogP) is 8.68. The van der Waals surface area contributed by atoms with Crippen LogP contribution in [-0.2, 0) is 11.2 Å². The van der Waals surface area contributed by atoms with Crippen LogP contribution < -0.4 is 0 Å². The third kappa shape index (κ3) is 8.05. The Morgan fingerprint density at radius 1 is 1.03 bits per heavy atom. The van der Waals surface area contributed by atoms with Gasteiger partial charge < -0.3 is 0 Å². The summed E-state index contributed by atoms with van der Waals surface area (Å²) in [6.07, 6.45) is 28.7. The van der Waals surface area contributed by atoms with E-state index in [4.69, 9.17) is 0 Å². The van der Waals surface area contributed by atoms with Crippen LogP contribution in [0.25, 0.3) is 5.57 Å². The molecule has 3 rings (SSSR count). The zero-order chi connectivity index (χ0) is 24.2. The largest absolute Gasteiger partial charge is 0.290 e. The van der Waals surface area contributed by atoms with Crippen LogP contribution in [-0.4, -0.2) is 5.78 Å². The zero-order valence-corrected chi connectivity index (χ0v) is 20.6. The summed E-state index contributed by atoms with van der Waals surface area (Å²) >= 11 is 0. The maximum Gasteiger partial charge on any atom is 0.178 e. The number of aryl methyl sites for hydroxylation is 2. The van der Waals surface area contributed by atoms with Crippen molar-refractivity contribution >= 4 is 11.4 Å². The second-order valence-corrected chi connectivity index (χ2v) is 8.69. The van der Waals surface area contributed by atoms with Crippen molar-refractivity contribution in [1.29, 1.82) is 0 Å². The van der Waals surface area contributed by atoms with Crippen LogP contribution in [0.4, 0.5) is 0 Å². The molecule has 1 heteroatoms. The molecule has 0 saturated carbocycles. The van der Waals surface area contributed by atoms with Crippen molar-refractivity contribution in [2.24, 2.45) is 0 Å². The molecule has 0 amide bonds. The number of benzene rings is 1. The molecule has 34 heavy (non-hydrogen) atoms. The smallest absolute Gasteiger partial charge is 0.178 e. The van der Waals surface area contributed by atoms with Crippen LogP contribution in [0.15, 0.2) is 119 Å². The van der Waals surface area contributed by atoms with Gasteiger partial charge in [0.15, 0.2) is 5.78 Å². The lowest BCUT2D eigenvalue weighted by atomic mass is 9.95. The van der Waals surface area contributed by atoms with Crippen molar-refractivity contribution < 1.29 is 6.22 Å². The lowest BCUT2D eigenvalue weighted by Gasteiger charge is -2.10. The summed E-state index contributed by atoms with van der Waals surface area (Å²) in [6, 6.07) is 6.79. The monoisotopic (exact) mass is 448 g/mol. The van der Waals surface area contributed by atoms with Gasteiger partial charge in [0.1, 0.15) is 0 Å². The number of rotatable bonds is 9. The standard InChI is InChI=1S/C33H34O.H2/c1-4-5-6-13-30-21-22-32(25-27(30)3)31-14-8-7-11-28(17-20-31)18-23-33(34)24-19-29-12-9-10-26(2)15-16-29;/h7,9,12,14-25H,4-6,8,13H2,1-3H3;1H/b20-17-,23-18-,24-19+,31-14+;. The van der Waals surface area contributed by atoms with Gasteiger partial charge in [0, 0.05) is 7.00 Å². The van der Waals surface area contributed by atoms with Gasteiger partial charge in [-0.2, -0.15) is 0 Å². The van der Waals surface area contributed by atoms with Crippen molar-refractivity contribution in [3.63, 3.8) is 0 Å². The molecule has 0 unspecified atom stereocenters. The number of unbranched alkanes of at least 4 members (excludes halogenated alkanes) is 2. The van der Waals surface area contributed by atoms with Crippen LogP contribution in [0.5, 0.6) is 0 Å². The second-order valence-electron chi connectivity index (χ2n) is 8.69. The Kier molecular flexibility index (Phi) is 9.68. The molecule has 174 valence electrons. The van der Waals surface area contributed by atoms with Crippen molar-refractivity contribution in [2.75, 3.05) is 0 Å². The fourth-order valence-electron chi connectivity index (χ4n) is 3.81. The highest BCUT2D eigenvalue weighted by atomic mass is 16.1. The third-order valence-electron chi connectivity index (χ3n) is 5.87. The van der Waals surface area contributed by atoms with Gasteiger partial charge in [0.25, 0.3) is 0 Å². The van der Waals surface area contributed by atoms with Crippen molar-refractivity contribution in [2.45, 2.75) is 52.9 Å². The van der Waals surface area contributed by atoms with Crippen LogP contribution in [0, 0.1) is 6.92 Å². The van der Waals surface area contributed by atoms with Gasteiger partial charge in [-0.1, -0.05) is 68.3 Å². The van der Waals surface area contributed by atoms with E-state index in [0.29, 0.717) is 0 Å². The average Bonchev–Trinajstić information content (AvgIpc) is 3.02. The van der Waals surface area contributed by atoms with Crippen LogP contribution >= 0.6 is 0 Å². The van der Waals surface area contributed by atoms with Gasteiger partial charge >= 0.3 is 0 Å². The lowest BCUT2D eigenvalue weighted by Crippen LogP contribution is -1.93. The Bertz CT molecular complexity index is 1230. The summed E-state index contributed by atoms with van der Waals surface area (Å²) in [5.41, 5.74) is 14.6. The molecular weight excluding hydrogens is 412 g/mol. The van der Waals surface area contributed by atoms with Gasteiger partial charge in [0.2, 0.25) is 0 Å². The van der Waals surface area contributed by atoms with Gasteiger partial charge in [-0.25, -0.2) is 0 Å².